The zero-order valence-corrected chi connectivity index (χ0v) is 9.73. The summed E-state index contributed by atoms with van der Waals surface area (Å²) in [5, 5.41) is 0. The standard InChI is InChI=1S/C14H20N2/c15-13-8-2-6-11(13)12-7-1-4-10-5-3-9-16-14(10)12/h3,5,9,11-13H,1-2,4,6-8,15H2. The first-order chi connectivity index (χ1) is 7.86. The average Bonchev–Trinajstić information content (AvgIpc) is 2.75. The van der Waals surface area contributed by atoms with E-state index in [1.807, 2.05) is 6.20 Å². The predicted molar refractivity (Wildman–Crippen MR) is 65.2 cm³/mol. The molecule has 86 valence electrons. The molecule has 2 nitrogen and oxygen atoms in total. The van der Waals surface area contributed by atoms with Crippen molar-refractivity contribution in [2.24, 2.45) is 11.7 Å². The van der Waals surface area contributed by atoms with Crippen LogP contribution in [0.4, 0.5) is 0 Å². The van der Waals surface area contributed by atoms with Crippen molar-refractivity contribution >= 4 is 0 Å². The SMILES string of the molecule is NC1CCCC1C1CCCc2cccnc21. The van der Waals surface area contributed by atoms with Crippen molar-refractivity contribution in [3.8, 4) is 0 Å². The summed E-state index contributed by atoms with van der Waals surface area (Å²) in [4.78, 5) is 4.62. The number of aromatic nitrogens is 1. The van der Waals surface area contributed by atoms with Gasteiger partial charge in [0.25, 0.3) is 0 Å². The fraction of sp³-hybridized carbons (Fsp3) is 0.643. The Bertz CT molecular complexity index is 375. The first-order valence-electron chi connectivity index (χ1n) is 6.55. The molecular formula is C14H20N2. The highest BCUT2D eigenvalue weighted by Gasteiger charge is 2.35. The molecule has 1 fully saturated rings. The second-order valence-corrected chi connectivity index (χ2v) is 5.31. The van der Waals surface area contributed by atoms with Gasteiger partial charge in [0.15, 0.2) is 0 Å². The van der Waals surface area contributed by atoms with Crippen molar-refractivity contribution in [3.05, 3.63) is 29.6 Å². The summed E-state index contributed by atoms with van der Waals surface area (Å²) in [6.45, 7) is 0. The Morgan fingerprint density at radius 2 is 2.12 bits per heavy atom. The maximum atomic E-state index is 6.24. The van der Waals surface area contributed by atoms with Gasteiger partial charge >= 0.3 is 0 Å². The molecule has 1 heterocycles. The molecule has 0 bridgehead atoms. The van der Waals surface area contributed by atoms with Crippen LogP contribution in [-0.4, -0.2) is 11.0 Å². The third kappa shape index (κ3) is 1.65. The maximum Gasteiger partial charge on any atom is 0.0469 e. The molecule has 0 saturated heterocycles. The van der Waals surface area contributed by atoms with Crippen molar-refractivity contribution in [1.29, 1.82) is 0 Å². The Labute approximate surface area is 97.3 Å². The number of rotatable bonds is 1. The minimum Gasteiger partial charge on any atom is -0.327 e. The lowest BCUT2D eigenvalue weighted by Gasteiger charge is -2.31. The number of nitrogens with two attached hydrogens (primary N) is 1. The van der Waals surface area contributed by atoms with Crippen LogP contribution < -0.4 is 5.73 Å². The predicted octanol–water partition coefficient (Wildman–Crippen LogP) is 2.63. The van der Waals surface area contributed by atoms with Gasteiger partial charge in [-0.25, -0.2) is 0 Å². The minimum atomic E-state index is 0.415. The Morgan fingerprint density at radius 1 is 1.19 bits per heavy atom. The highest BCUT2D eigenvalue weighted by atomic mass is 14.7. The van der Waals surface area contributed by atoms with Gasteiger partial charge in [0.1, 0.15) is 0 Å². The Hall–Kier alpha value is -0.890. The topological polar surface area (TPSA) is 38.9 Å². The van der Waals surface area contributed by atoms with E-state index in [0.29, 0.717) is 17.9 Å². The summed E-state index contributed by atoms with van der Waals surface area (Å²) in [5.74, 6) is 1.33. The van der Waals surface area contributed by atoms with E-state index in [0.717, 1.165) is 0 Å². The van der Waals surface area contributed by atoms with E-state index >= 15 is 0 Å². The Kier molecular flexibility index (Phi) is 2.68. The van der Waals surface area contributed by atoms with Gasteiger partial charge < -0.3 is 5.73 Å². The molecule has 0 spiro atoms. The molecule has 1 saturated carbocycles. The highest BCUT2D eigenvalue weighted by Crippen LogP contribution is 2.42. The lowest BCUT2D eigenvalue weighted by molar-refractivity contribution is 0.347. The molecule has 2 heteroatoms. The summed E-state index contributed by atoms with van der Waals surface area (Å²) in [6.07, 6.45) is 9.59. The fourth-order valence-electron chi connectivity index (χ4n) is 3.58. The molecule has 1 aromatic heterocycles. The maximum absolute atomic E-state index is 6.24. The molecule has 3 atom stereocenters. The van der Waals surface area contributed by atoms with Crippen LogP contribution in [0.15, 0.2) is 18.3 Å². The van der Waals surface area contributed by atoms with Crippen LogP contribution in [0, 0.1) is 5.92 Å². The Balaban J connectivity index is 1.92. The zero-order chi connectivity index (χ0) is 11.0. The summed E-state index contributed by atoms with van der Waals surface area (Å²) in [6, 6.07) is 4.73. The fourth-order valence-corrected chi connectivity index (χ4v) is 3.58. The molecule has 0 radical (unpaired) electrons. The number of hydrogen-bond donors (Lipinski definition) is 1. The third-order valence-corrected chi connectivity index (χ3v) is 4.38. The first-order valence-corrected chi connectivity index (χ1v) is 6.55. The number of hydrogen-bond acceptors (Lipinski definition) is 2. The van der Waals surface area contributed by atoms with Crippen molar-refractivity contribution in [2.45, 2.75) is 50.5 Å². The van der Waals surface area contributed by atoms with Crippen molar-refractivity contribution < 1.29 is 0 Å². The highest BCUT2D eigenvalue weighted by molar-refractivity contribution is 5.27. The minimum absolute atomic E-state index is 0.415. The normalized spacial score (nSPS) is 33.7. The molecule has 0 aliphatic heterocycles. The van der Waals surface area contributed by atoms with Crippen LogP contribution in [0.1, 0.15) is 49.3 Å². The quantitative estimate of drug-likeness (QED) is 0.783. The lowest BCUT2D eigenvalue weighted by atomic mass is 9.76. The third-order valence-electron chi connectivity index (χ3n) is 4.38. The smallest absolute Gasteiger partial charge is 0.0469 e. The molecule has 1 aromatic rings. The van der Waals surface area contributed by atoms with Gasteiger partial charge in [-0.05, 0) is 49.7 Å². The monoisotopic (exact) mass is 216 g/mol. The van der Waals surface area contributed by atoms with Crippen molar-refractivity contribution in [3.63, 3.8) is 0 Å². The number of pyridine rings is 1. The Morgan fingerprint density at radius 3 is 2.94 bits per heavy atom. The van der Waals surface area contributed by atoms with Gasteiger partial charge in [-0.2, -0.15) is 0 Å². The molecule has 3 rings (SSSR count). The molecule has 2 aliphatic carbocycles. The number of nitrogens with zero attached hydrogens (tertiary/aromatic N) is 1. The van der Waals surface area contributed by atoms with Crippen molar-refractivity contribution in [2.75, 3.05) is 0 Å². The molecule has 3 unspecified atom stereocenters. The lowest BCUT2D eigenvalue weighted by Crippen LogP contribution is -2.31. The van der Waals surface area contributed by atoms with E-state index in [9.17, 15) is 0 Å². The van der Waals surface area contributed by atoms with Gasteiger partial charge in [0, 0.05) is 23.9 Å². The summed E-state index contributed by atoms with van der Waals surface area (Å²) in [5.41, 5.74) is 9.07. The zero-order valence-electron chi connectivity index (χ0n) is 9.73. The van der Waals surface area contributed by atoms with E-state index in [1.54, 1.807) is 0 Å². The van der Waals surface area contributed by atoms with Gasteiger partial charge in [0.05, 0.1) is 0 Å². The molecule has 0 aromatic carbocycles. The van der Waals surface area contributed by atoms with Crippen LogP contribution in [0.5, 0.6) is 0 Å². The molecule has 16 heavy (non-hydrogen) atoms. The van der Waals surface area contributed by atoms with E-state index in [-0.39, 0.29) is 0 Å². The number of fused-ring (bicyclic) bond motifs is 1. The van der Waals surface area contributed by atoms with Gasteiger partial charge in [-0.15, -0.1) is 0 Å². The van der Waals surface area contributed by atoms with Crippen LogP contribution in [0.25, 0.3) is 0 Å². The van der Waals surface area contributed by atoms with Crippen molar-refractivity contribution in [1.82, 2.24) is 4.98 Å². The number of aryl methyl sites for hydroxylation is 1. The van der Waals surface area contributed by atoms with E-state index < -0.39 is 0 Å². The van der Waals surface area contributed by atoms with Gasteiger partial charge in [0.2, 0.25) is 0 Å². The van der Waals surface area contributed by atoms with Gasteiger partial charge in [-0.3, -0.25) is 4.98 Å². The molecule has 0 amide bonds. The summed E-state index contributed by atoms with van der Waals surface area (Å²) >= 11 is 0. The summed E-state index contributed by atoms with van der Waals surface area (Å²) < 4.78 is 0. The molecular weight excluding hydrogens is 196 g/mol. The van der Waals surface area contributed by atoms with Crippen LogP contribution in [-0.2, 0) is 6.42 Å². The second-order valence-electron chi connectivity index (χ2n) is 5.31. The van der Waals surface area contributed by atoms with Crippen LogP contribution in [0.2, 0.25) is 0 Å². The second kappa shape index (κ2) is 4.17. The largest absolute Gasteiger partial charge is 0.327 e. The summed E-state index contributed by atoms with van der Waals surface area (Å²) in [7, 11) is 0. The van der Waals surface area contributed by atoms with E-state index in [4.69, 9.17) is 5.73 Å². The van der Waals surface area contributed by atoms with E-state index in [1.165, 1.54) is 49.8 Å². The first kappa shape index (κ1) is 10.3. The molecule has 2 N–H and O–H groups in total. The van der Waals surface area contributed by atoms with Gasteiger partial charge in [-0.1, -0.05) is 12.5 Å². The van der Waals surface area contributed by atoms with Crippen LogP contribution in [0.3, 0.4) is 0 Å². The molecule has 2 aliphatic rings. The average molecular weight is 216 g/mol. The van der Waals surface area contributed by atoms with E-state index in [2.05, 4.69) is 17.1 Å². The van der Waals surface area contributed by atoms with Crippen LogP contribution >= 0.6 is 0 Å².